The molecule has 0 fully saturated rings. The number of hydrogen-bond acceptors (Lipinski definition) is 1. The van der Waals surface area contributed by atoms with E-state index in [2.05, 4.69) is 39.0 Å². The van der Waals surface area contributed by atoms with Gasteiger partial charge in [-0.3, -0.25) is 0 Å². The quantitative estimate of drug-likeness (QED) is 0.602. The van der Waals surface area contributed by atoms with E-state index in [4.69, 9.17) is 5.11 Å². The van der Waals surface area contributed by atoms with Gasteiger partial charge < -0.3 is 5.11 Å². The van der Waals surface area contributed by atoms with Gasteiger partial charge in [0.2, 0.25) is 0 Å². The number of aliphatic hydroxyl groups excluding tert-OH is 1. The topological polar surface area (TPSA) is 20.2 Å². The molecule has 0 heterocycles. The van der Waals surface area contributed by atoms with E-state index < -0.39 is 0 Å². The van der Waals surface area contributed by atoms with Crippen LogP contribution in [0.5, 0.6) is 0 Å². The van der Waals surface area contributed by atoms with Crippen LogP contribution in [0.1, 0.15) is 46.5 Å². The molecule has 1 nitrogen and oxygen atoms in total. The Morgan fingerprint density at radius 2 is 1.73 bits per heavy atom. The van der Waals surface area contributed by atoms with Crippen molar-refractivity contribution in [3.05, 3.63) is 24.3 Å². The van der Waals surface area contributed by atoms with E-state index in [9.17, 15) is 0 Å². The van der Waals surface area contributed by atoms with Gasteiger partial charge in [0.05, 0.1) is 6.61 Å². The minimum Gasteiger partial charge on any atom is -0.392 e. The number of unbranched alkanes of at least 4 members (excludes halogenated alkanes) is 1. The minimum atomic E-state index is 0.154. The molecule has 0 aliphatic heterocycles. The molecule has 0 aliphatic rings. The third-order valence-corrected chi connectivity index (χ3v) is 2.56. The van der Waals surface area contributed by atoms with Crippen molar-refractivity contribution in [2.75, 3.05) is 6.61 Å². The lowest BCUT2D eigenvalue weighted by molar-refractivity contribution is 0.342. The SMILES string of the molecule is CCCCC(C)C=CCC(C)C=CCO. The Kier molecular flexibility index (Phi) is 9.60. The van der Waals surface area contributed by atoms with Crippen LogP contribution in [-0.2, 0) is 0 Å². The number of aliphatic hydroxyl groups is 1. The van der Waals surface area contributed by atoms with Gasteiger partial charge in [-0.1, -0.05) is 57.9 Å². The van der Waals surface area contributed by atoms with Crippen molar-refractivity contribution in [3.8, 4) is 0 Å². The summed E-state index contributed by atoms with van der Waals surface area (Å²) in [5.74, 6) is 1.24. The molecule has 88 valence electrons. The third kappa shape index (κ3) is 9.74. The zero-order valence-corrected chi connectivity index (χ0v) is 10.4. The molecule has 15 heavy (non-hydrogen) atoms. The molecule has 0 rings (SSSR count). The molecule has 2 unspecified atom stereocenters. The molecule has 0 saturated carbocycles. The second-order valence-corrected chi connectivity index (χ2v) is 4.37. The molecule has 0 amide bonds. The maximum absolute atomic E-state index is 8.62. The third-order valence-electron chi connectivity index (χ3n) is 2.56. The molecule has 0 saturated heterocycles. The highest BCUT2D eigenvalue weighted by molar-refractivity contribution is 4.93. The van der Waals surface area contributed by atoms with Crippen LogP contribution in [0.25, 0.3) is 0 Å². The van der Waals surface area contributed by atoms with Crippen LogP contribution >= 0.6 is 0 Å². The molecular weight excluding hydrogens is 184 g/mol. The van der Waals surface area contributed by atoms with E-state index in [1.807, 2.05) is 6.08 Å². The first kappa shape index (κ1) is 14.4. The molecule has 1 heteroatoms. The van der Waals surface area contributed by atoms with Crippen LogP contribution in [0.3, 0.4) is 0 Å². The van der Waals surface area contributed by atoms with Crippen LogP contribution in [-0.4, -0.2) is 11.7 Å². The summed E-state index contributed by atoms with van der Waals surface area (Å²) >= 11 is 0. The van der Waals surface area contributed by atoms with Crippen molar-refractivity contribution in [2.45, 2.75) is 46.5 Å². The largest absolute Gasteiger partial charge is 0.392 e. The molecule has 0 spiro atoms. The fraction of sp³-hybridized carbons (Fsp3) is 0.714. The maximum atomic E-state index is 8.62. The first-order valence-corrected chi connectivity index (χ1v) is 6.14. The molecule has 0 aromatic rings. The standard InChI is InChI=1S/C14H26O/c1-4-5-8-13(2)9-6-10-14(3)11-7-12-15/h6-7,9,11,13-15H,4-5,8,10,12H2,1-3H3. The fourth-order valence-electron chi connectivity index (χ4n) is 1.52. The Balaban J connectivity index is 3.63. The zero-order chi connectivity index (χ0) is 11.5. The summed E-state index contributed by atoms with van der Waals surface area (Å²) in [6, 6.07) is 0. The number of hydrogen-bond donors (Lipinski definition) is 1. The monoisotopic (exact) mass is 210 g/mol. The molecule has 0 aromatic carbocycles. The molecule has 0 aliphatic carbocycles. The highest BCUT2D eigenvalue weighted by atomic mass is 16.2. The Hall–Kier alpha value is -0.560. The minimum absolute atomic E-state index is 0.154. The number of allylic oxidation sites excluding steroid dienone is 3. The lowest BCUT2D eigenvalue weighted by Gasteiger charge is -2.05. The van der Waals surface area contributed by atoms with Gasteiger partial charge in [0.25, 0.3) is 0 Å². The lowest BCUT2D eigenvalue weighted by atomic mass is 10.0. The van der Waals surface area contributed by atoms with Crippen LogP contribution < -0.4 is 0 Å². The number of rotatable bonds is 8. The smallest absolute Gasteiger partial charge is 0.0612 e. The molecule has 0 radical (unpaired) electrons. The summed E-state index contributed by atoms with van der Waals surface area (Å²) in [4.78, 5) is 0. The van der Waals surface area contributed by atoms with E-state index >= 15 is 0 Å². The summed E-state index contributed by atoms with van der Waals surface area (Å²) in [7, 11) is 0. The summed E-state index contributed by atoms with van der Waals surface area (Å²) in [6.07, 6.45) is 13.5. The van der Waals surface area contributed by atoms with Gasteiger partial charge in [0, 0.05) is 0 Å². The first-order valence-electron chi connectivity index (χ1n) is 6.14. The van der Waals surface area contributed by atoms with Crippen LogP contribution in [0.2, 0.25) is 0 Å². The van der Waals surface area contributed by atoms with E-state index in [0.717, 1.165) is 6.42 Å². The molecular formula is C14H26O. The van der Waals surface area contributed by atoms with Gasteiger partial charge >= 0.3 is 0 Å². The van der Waals surface area contributed by atoms with Gasteiger partial charge in [-0.05, 0) is 24.7 Å². The van der Waals surface area contributed by atoms with Gasteiger partial charge in [0.1, 0.15) is 0 Å². The maximum Gasteiger partial charge on any atom is 0.0612 e. The fourth-order valence-corrected chi connectivity index (χ4v) is 1.52. The second-order valence-electron chi connectivity index (χ2n) is 4.37. The van der Waals surface area contributed by atoms with E-state index in [1.54, 1.807) is 0 Å². The van der Waals surface area contributed by atoms with Crippen LogP contribution in [0, 0.1) is 11.8 Å². The van der Waals surface area contributed by atoms with E-state index in [1.165, 1.54) is 19.3 Å². The van der Waals surface area contributed by atoms with Crippen molar-refractivity contribution < 1.29 is 5.11 Å². The predicted molar refractivity (Wildman–Crippen MR) is 67.8 cm³/mol. The van der Waals surface area contributed by atoms with Gasteiger partial charge in [-0.2, -0.15) is 0 Å². The summed E-state index contributed by atoms with van der Waals surface area (Å²) in [5, 5.41) is 8.62. The Morgan fingerprint density at radius 3 is 2.33 bits per heavy atom. The highest BCUT2D eigenvalue weighted by Crippen LogP contribution is 2.11. The van der Waals surface area contributed by atoms with Crippen molar-refractivity contribution in [1.29, 1.82) is 0 Å². The van der Waals surface area contributed by atoms with Gasteiger partial charge in [-0.25, -0.2) is 0 Å². The summed E-state index contributed by atoms with van der Waals surface area (Å²) in [6.45, 7) is 6.84. The van der Waals surface area contributed by atoms with Crippen LogP contribution in [0.15, 0.2) is 24.3 Å². The lowest BCUT2D eigenvalue weighted by Crippen LogP contribution is -1.91. The van der Waals surface area contributed by atoms with Crippen molar-refractivity contribution >= 4 is 0 Å². The van der Waals surface area contributed by atoms with Crippen molar-refractivity contribution in [1.82, 2.24) is 0 Å². The van der Waals surface area contributed by atoms with E-state index in [-0.39, 0.29) is 6.61 Å². The van der Waals surface area contributed by atoms with Crippen molar-refractivity contribution in [2.24, 2.45) is 11.8 Å². The zero-order valence-electron chi connectivity index (χ0n) is 10.4. The first-order chi connectivity index (χ1) is 7.20. The van der Waals surface area contributed by atoms with E-state index in [0.29, 0.717) is 11.8 Å². The molecule has 1 N–H and O–H groups in total. The highest BCUT2D eigenvalue weighted by Gasteiger charge is 1.96. The Labute approximate surface area is 94.9 Å². The molecule has 0 aromatic heterocycles. The van der Waals surface area contributed by atoms with Crippen LogP contribution in [0.4, 0.5) is 0 Å². The second kappa shape index (κ2) is 9.97. The average Bonchev–Trinajstić information content (AvgIpc) is 2.23. The van der Waals surface area contributed by atoms with Gasteiger partial charge in [-0.15, -0.1) is 0 Å². The Morgan fingerprint density at radius 1 is 1.07 bits per heavy atom. The summed E-state index contributed by atoms with van der Waals surface area (Å²) in [5.41, 5.74) is 0. The molecule has 2 atom stereocenters. The molecule has 0 bridgehead atoms. The average molecular weight is 210 g/mol. The Bertz CT molecular complexity index is 182. The van der Waals surface area contributed by atoms with Gasteiger partial charge in [0.15, 0.2) is 0 Å². The normalized spacial score (nSPS) is 16.3. The van der Waals surface area contributed by atoms with Crippen molar-refractivity contribution in [3.63, 3.8) is 0 Å². The predicted octanol–water partition coefficient (Wildman–Crippen LogP) is 3.94. The summed E-state index contributed by atoms with van der Waals surface area (Å²) < 4.78 is 0.